The second kappa shape index (κ2) is 11.9. The van der Waals surface area contributed by atoms with E-state index in [1.165, 1.54) is 22.3 Å². The average molecular weight is 517 g/mol. The van der Waals surface area contributed by atoms with Crippen LogP contribution in [0.5, 0.6) is 0 Å². The van der Waals surface area contributed by atoms with Crippen LogP contribution in [-0.4, -0.2) is 22.4 Å². The van der Waals surface area contributed by atoms with E-state index in [1.807, 2.05) is 0 Å². The molecule has 4 aromatic carbocycles. The molecule has 4 aromatic rings. The molecule has 2 aliphatic rings. The maximum absolute atomic E-state index is 11.6. The average Bonchev–Trinajstić information content (AvgIpc) is 3.00. The maximum atomic E-state index is 11.6. The predicted octanol–water partition coefficient (Wildman–Crippen LogP) is 8.05. The Bertz CT molecular complexity index is 1090. The molecule has 0 saturated heterocycles. The summed E-state index contributed by atoms with van der Waals surface area (Å²) in [5.41, 5.74) is 5.00. The zero-order valence-electron chi connectivity index (χ0n) is 22.6. The largest absolute Gasteiger partial charge is 0.392 e. The summed E-state index contributed by atoms with van der Waals surface area (Å²) < 4.78 is 0. The molecular formula is C37H40O2. The van der Waals surface area contributed by atoms with Crippen LogP contribution in [0.3, 0.4) is 0 Å². The van der Waals surface area contributed by atoms with Gasteiger partial charge in [-0.25, -0.2) is 0 Å². The lowest BCUT2D eigenvalue weighted by molar-refractivity contribution is 0.0343. The van der Waals surface area contributed by atoms with Crippen LogP contribution in [0, 0.1) is 11.8 Å². The van der Waals surface area contributed by atoms with Gasteiger partial charge in [-0.1, -0.05) is 121 Å². The van der Waals surface area contributed by atoms with E-state index in [0.29, 0.717) is 11.8 Å². The van der Waals surface area contributed by atoms with Gasteiger partial charge in [-0.15, -0.1) is 0 Å². The highest BCUT2D eigenvalue weighted by Gasteiger charge is 2.42. The molecule has 200 valence electrons. The van der Waals surface area contributed by atoms with Crippen LogP contribution in [0.1, 0.15) is 78.0 Å². The third-order valence-corrected chi connectivity index (χ3v) is 9.58. The van der Waals surface area contributed by atoms with E-state index >= 15 is 0 Å². The first-order valence-corrected chi connectivity index (χ1v) is 14.7. The van der Waals surface area contributed by atoms with Crippen molar-refractivity contribution < 1.29 is 10.2 Å². The molecule has 2 saturated carbocycles. The Balaban J connectivity index is 1.29. The second-order valence-electron chi connectivity index (χ2n) is 12.0. The van der Waals surface area contributed by atoms with Gasteiger partial charge in [-0.05, 0) is 66.2 Å². The fourth-order valence-electron chi connectivity index (χ4n) is 7.74. The minimum absolute atomic E-state index is 0.138. The SMILES string of the molecule is OC1C(c2ccccc2)CC(CC2CC(c3ccccc3)C(O)C(c3ccccc3)C2)CC1c1ccccc1. The number of benzene rings is 4. The summed E-state index contributed by atoms with van der Waals surface area (Å²) in [6.07, 6.45) is 4.43. The van der Waals surface area contributed by atoms with Crippen LogP contribution in [0.2, 0.25) is 0 Å². The molecule has 2 N–H and O–H groups in total. The van der Waals surface area contributed by atoms with E-state index in [1.54, 1.807) is 0 Å². The second-order valence-corrected chi connectivity index (χ2v) is 12.0. The summed E-state index contributed by atoms with van der Waals surface area (Å²) in [6.45, 7) is 0. The van der Waals surface area contributed by atoms with Crippen LogP contribution >= 0.6 is 0 Å². The van der Waals surface area contributed by atoms with Crippen LogP contribution < -0.4 is 0 Å². The van der Waals surface area contributed by atoms with Crippen molar-refractivity contribution in [2.24, 2.45) is 11.8 Å². The molecule has 6 rings (SSSR count). The number of hydrogen-bond donors (Lipinski definition) is 2. The molecule has 0 aromatic heterocycles. The van der Waals surface area contributed by atoms with Crippen molar-refractivity contribution in [3.63, 3.8) is 0 Å². The maximum Gasteiger partial charge on any atom is 0.0677 e. The highest BCUT2D eigenvalue weighted by Crippen LogP contribution is 2.50. The van der Waals surface area contributed by atoms with Gasteiger partial charge in [0.15, 0.2) is 0 Å². The van der Waals surface area contributed by atoms with E-state index in [-0.39, 0.29) is 35.9 Å². The van der Waals surface area contributed by atoms with Gasteiger partial charge in [0, 0.05) is 23.7 Å². The van der Waals surface area contributed by atoms with E-state index in [9.17, 15) is 10.2 Å². The topological polar surface area (TPSA) is 40.5 Å². The third kappa shape index (κ3) is 5.73. The van der Waals surface area contributed by atoms with E-state index in [2.05, 4.69) is 121 Å². The van der Waals surface area contributed by atoms with E-state index < -0.39 is 0 Å². The Kier molecular flexibility index (Phi) is 7.95. The van der Waals surface area contributed by atoms with Crippen molar-refractivity contribution in [2.45, 2.75) is 68.0 Å². The van der Waals surface area contributed by atoms with E-state index in [0.717, 1.165) is 32.1 Å². The molecule has 4 unspecified atom stereocenters. The van der Waals surface area contributed by atoms with Crippen molar-refractivity contribution in [2.75, 3.05) is 0 Å². The Morgan fingerprint density at radius 1 is 0.385 bits per heavy atom. The lowest BCUT2D eigenvalue weighted by Crippen LogP contribution is -2.38. The highest BCUT2D eigenvalue weighted by atomic mass is 16.3. The van der Waals surface area contributed by atoms with Gasteiger partial charge >= 0.3 is 0 Å². The van der Waals surface area contributed by atoms with Gasteiger partial charge in [0.05, 0.1) is 12.2 Å². The fourth-order valence-corrected chi connectivity index (χ4v) is 7.74. The summed E-state index contributed by atoms with van der Waals surface area (Å²) in [6, 6.07) is 42.5. The normalized spacial score (nSPS) is 31.0. The molecule has 2 fully saturated rings. The van der Waals surface area contributed by atoms with Crippen LogP contribution in [0.15, 0.2) is 121 Å². The van der Waals surface area contributed by atoms with Crippen molar-refractivity contribution >= 4 is 0 Å². The van der Waals surface area contributed by atoms with Crippen LogP contribution in [0.4, 0.5) is 0 Å². The molecule has 2 nitrogen and oxygen atoms in total. The van der Waals surface area contributed by atoms with Crippen molar-refractivity contribution in [3.05, 3.63) is 144 Å². The molecule has 0 bridgehead atoms. The first kappa shape index (κ1) is 26.0. The Hall–Kier alpha value is -3.20. The van der Waals surface area contributed by atoms with Gasteiger partial charge in [0.25, 0.3) is 0 Å². The minimum atomic E-state index is -0.381. The summed E-state index contributed by atoms with van der Waals surface area (Å²) in [5, 5.41) is 23.3. The quantitative estimate of drug-likeness (QED) is 0.272. The Morgan fingerprint density at radius 3 is 0.846 bits per heavy atom. The molecule has 0 radical (unpaired) electrons. The molecule has 2 aliphatic carbocycles. The van der Waals surface area contributed by atoms with Crippen molar-refractivity contribution in [1.82, 2.24) is 0 Å². The summed E-state index contributed by atoms with van der Waals surface area (Å²) in [7, 11) is 0. The van der Waals surface area contributed by atoms with E-state index in [4.69, 9.17) is 0 Å². The Labute approximate surface area is 233 Å². The molecule has 0 amide bonds. The lowest BCUT2D eigenvalue weighted by Gasteiger charge is -2.44. The van der Waals surface area contributed by atoms with Crippen molar-refractivity contribution in [3.8, 4) is 0 Å². The minimum Gasteiger partial charge on any atom is -0.392 e. The monoisotopic (exact) mass is 516 g/mol. The number of hydrogen-bond acceptors (Lipinski definition) is 2. The molecule has 4 atom stereocenters. The number of rotatable bonds is 6. The summed E-state index contributed by atoms with van der Waals surface area (Å²) in [5.74, 6) is 1.60. The smallest absolute Gasteiger partial charge is 0.0677 e. The van der Waals surface area contributed by atoms with Crippen molar-refractivity contribution in [1.29, 1.82) is 0 Å². The zero-order valence-corrected chi connectivity index (χ0v) is 22.6. The van der Waals surface area contributed by atoms with Crippen LogP contribution in [0.25, 0.3) is 0 Å². The third-order valence-electron chi connectivity index (χ3n) is 9.58. The fraction of sp³-hybridized carbons (Fsp3) is 0.351. The summed E-state index contributed by atoms with van der Waals surface area (Å²) >= 11 is 0. The zero-order chi connectivity index (χ0) is 26.6. The predicted molar refractivity (Wildman–Crippen MR) is 159 cm³/mol. The Morgan fingerprint density at radius 2 is 0.615 bits per heavy atom. The summed E-state index contributed by atoms with van der Waals surface area (Å²) in [4.78, 5) is 0. The number of aliphatic hydroxyl groups excluding tert-OH is 2. The molecule has 0 aliphatic heterocycles. The van der Waals surface area contributed by atoms with Gasteiger partial charge in [0.2, 0.25) is 0 Å². The van der Waals surface area contributed by atoms with Gasteiger partial charge < -0.3 is 10.2 Å². The first-order valence-electron chi connectivity index (χ1n) is 14.7. The number of aliphatic hydroxyl groups is 2. The molecule has 0 heterocycles. The molecule has 0 spiro atoms. The van der Waals surface area contributed by atoms with Crippen LogP contribution in [-0.2, 0) is 0 Å². The standard InChI is InChI=1S/C37H40O2/c38-36-32(28-13-5-1-6-14-28)22-26(23-33(36)29-15-7-2-8-16-29)21-27-24-34(30-17-9-3-10-18-30)37(39)35(25-27)31-19-11-4-12-20-31/h1-20,26-27,32-39H,21-25H2. The molecular weight excluding hydrogens is 476 g/mol. The van der Waals surface area contributed by atoms with Gasteiger partial charge in [0.1, 0.15) is 0 Å². The molecule has 39 heavy (non-hydrogen) atoms. The highest BCUT2D eigenvalue weighted by molar-refractivity contribution is 5.30. The lowest BCUT2D eigenvalue weighted by atomic mass is 9.63. The van der Waals surface area contributed by atoms with Gasteiger partial charge in [-0.2, -0.15) is 0 Å². The van der Waals surface area contributed by atoms with Gasteiger partial charge in [-0.3, -0.25) is 0 Å². The molecule has 2 heteroatoms. The first-order chi connectivity index (χ1) is 19.2.